The van der Waals surface area contributed by atoms with E-state index in [1.165, 1.54) is 12.8 Å². The summed E-state index contributed by atoms with van der Waals surface area (Å²) in [5, 5.41) is 7.84. The standard InChI is InChI=1S/C15H23N3OS/c1-18(10-11-6-3-4-9-19-11)12-7-5-8-13(20-2)14(12)15(16)17/h5,7-8,11H,3-4,6,9-10H2,1-2H3,(H3,16,17). The smallest absolute Gasteiger partial charge is 0.126 e. The van der Waals surface area contributed by atoms with Crippen LogP contribution in [0.25, 0.3) is 0 Å². The Balaban J connectivity index is 2.19. The van der Waals surface area contributed by atoms with Crippen molar-refractivity contribution >= 4 is 23.3 Å². The molecule has 1 aliphatic heterocycles. The number of nitrogens with one attached hydrogen (secondary N) is 1. The maximum Gasteiger partial charge on any atom is 0.126 e. The van der Waals surface area contributed by atoms with Crippen LogP contribution in [0.3, 0.4) is 0 Å². The van der Waals surface area contributed by atoms with Gasteiger partial charge in [0.05, 0.1) is 11.7 Å². The van der Waals surface area contributed by atoms with Crippen LogP contribution in [0.5, 0.6) is 0 Å². The van der Waals surface area contributed by atoms with Crippen molar-refractivity contribution in [1.82, 2.24) is 0 Å². The molecule has 0 aliphatic carbocycles. The largest absolute Gasteiger partial charge is 0.384 e. The number of likely N-dealkylation sites (N-methyl/N-ethyl adjacent to an activating group) is 1. The van der Waals surface area contributed by atoms with Crippen molar-refractivity contribution in [2.45, 2.75) is 30.3 Å². The van der Waals surface area contributed by atoms with Crippen molar-refractivity contribution < 1.29 is 4.74 Å². The van der Waals surface area contributed by atoms with Crippen LogP contribution in [-0.4, -0.2) is 38.4 Å². The molecule has 0 aromatic heterocycles. The molecular weight excluding hydrogens is 270 g/mol. The highest BCUT2D eigenvalue weighted by Crippen LogP contribution is 2.29. The summed E-state index contributed by atoms with van der Waals surface area (Å²) in [4.78, 5) is 3.21. The second kappa shape index (κ2) is 6.99. The molecule has 20 heavy (non-hydrogen) atoms. The first-order valence-corrected chi connectivity index (χ1v) is 8.20. The first-order chi connectivity index (χ1) is 9.63. The van der Waals surface area contributed by atoms with E-state index in [1.54, 1.807) is 11.8 Å². The fourth-order valence-corrected chi connectivity index (χ4v) is 3.27. The second-order valence-electron chi connectivity index (χ2n) is 5.14. The molecule has 2 rings (SSSR count). The summed E-state index contributed by atoms with van der Waals surface area (Å²) in [5.74, 6) is 0.126. The number of hydrogen-bond acceptors (Lipinski definition) is 4. The van der Waals surface area contributed by atoms with Gasteiger partial charge in [-0.2, -0.15) is 0 Å². The van der Waals surface area contributed by atoms with E-state index in [1.807, 2.05) is 31.5 Å². The lowest BCUT2D eigenvalue weighted by atomic mass is 10.1. The Morgan fingerprint density at radius 1 is 1.50 bits per heavy atom. The quantitative estimate of drug-likeness (QED) is 0.498. The zero-order valence-corrected chi connectivity index (χ0v) is 13.0. The average molecular weight is 293 g/mol. The Kier molecular flexibility index (Phi) is 5.31. The van der Waals surface area contributed by atoms with Crippen LogP contribution in [0, 0.1) is 5.41 Å². The number of nitrogen functional groups attached to an aromatic ring is 1. The number of benzene rings is 1. The number of thioether (sulfide) groups is 1. The molecule has 0 bridgehead atoms. The number of ether oxygens (including phenoxy) is 1. The molecule has 1 aromatic rings. The van der Waals surface area contributed by atoms with Crippen LogP contribution in [0.1, 0.15) is 24.8 Å². The molecule has 4 nitrogen and oxygen atoms in total. The van der Waals surface area contributed by atoms with Gasteiger partial charge in [0.2, 0.25) is 0 Å². The fraction of sp³-hybridized carbons (Fsp3) is 0.533. The number of hydrogen-bond donors (Lipinski definition) is 2. The van der Waals surface area contributed by atoms with Crippen LogP contribution in [0.4, 0.5) is 5.69 Å². The van der Waals surface area contributed by atoms with Gasteiger partial charge in [-0.05, 0) is 37.7 Å². The van der Waals surface area contributed by atoms with Gasteiger partial charge in [-0.1, -0.05) is 6.07 Å². The molecule has 5 heteroatoms. The molecule has 1 aliphatic rings. The highest BCUT2D eigenvalue weighted by molar-refractivity contribution is 7.98. The van der Waals surface area contributed by atoms with E-state index in [0.29, 0.717) is 0 Å². The lowest BCUT2D eigenvalue weighted by Gasteiger charge is -2.30. The zero-order valence-electron chi connectivity index (χ0n) is 12.2. The summed E-state index contributed by atoms with van der Waals surface area (Å²) < 4.78 is 5.80. The molecular formula is C15H23N3OS. The van der Waals surface area contributed by atoms with Crippen molar-refractivity contribution in [3.8, 4) is 0 Å². The molecule has 0 saturated carbocycles. The minimum atomic E-state index is 0.126. The Bertz CT molecular complexity index is 472. The van der Waals surface area contributed by atoms with Gasteiger partial charge in [0.15, 0.2) is 0 Å². The van der Waals surface area contributed by atoms with Gasteiger partial charge in [-0.15, -0.1) is 11.8 Å². The average Bonchev–Trinajstić information content (AvgIpc) is 2.47. The minimum Gasteiger partial charge on any atom is -0.384 e. The van der Waals surface area contributed by atoms with Crippen molar-refractivity contribution in [2.75, 3.05) is 31.4 Å². The van der Waals surface area contributed by atoms with Crippen molar-refractivity contribution in [3.63, 3.8) is 0 Å². The van der Waals surface area contributed by atoms with Crippen LogP contribution in [0.2, 0.25) is 0 Å². The van der Waals surface area contributed by atoms with Gasteiger partial charge < -0.3 is 15.4 Å². The molecule has 1 heterocycles. The molecule has 110 valence electrons. The van der Waals surface area contributed by atoms with E-state index in [4.69, 9.17) is 15.9 Å². The summed E-state index contributed by atoms with van der Waals surface area (Å²) in [6.07, 6.45) is 5.81. The monoisotopic (exact) mass is 293 g/mol. The Morgan fingerprint density at radius 2 is 2.30 bits per heavy atom. The Labute approximate surface area is 125 Å². The van der Waals surface area contributed by atoms with Crippen LogP contribution in [0.15, 0.2) is 23.1 Å². The molecule has 1 fully saturated rings. The highest BCUT2D eigenvalue weighted by Gasteiger charge is 2.19. The fourth-order valence-electron chi connectivity index (χ4n) is 2.63. The topological polar surface area (TPSA) is 62.3 Å². The summed E-state index contributed by atoms with van der Waals surface area (Å²) >= 11 is 1.62. The lowest BCUT2D eigenvalue weighted by Crippen LogP contribution is -2.34. The van der Waals surface area contributed by atoms with E-state index in [-0.39, 0.29) is 11.9 Å². The minimum absolute atomic E-state index is 0.126. The van der Waals surface area contributed by atoms with E-state index in [2.05, 4.69) is 4.90 Å². The normalized spacial score (nSPS) is 18.8. The first kappa shape index (κ1) is 15.2. The molecule has 0 spiro atoms. The molecule has 1 atom stereocenters. The third kappa shape index (κ3) is 3.46. The predicted molar refractivity (Wildman–Crippen MR) is 86.1 cm³/mol. The molecule has 1 aromatic carbocycles. The maximum absolute atomic E-state index is 7.84. The molecule has 1 saturated heterocycles. The van der Waals surface area contributed by atoms with Gasteiger partial charge in [-0.25, -0.2) is 0 Å². The number of amidine groups is 1. The van der Waals surface area contributed by atoms with E-state index in [9.17, 15) is 0 Å². The number of rotatable bonds is 5. The maximum atomic E-state index is 7.84. The number of anilines is 1. The van der Waals surface area contributed by atoms with Gasteiger partial charge in [0, 0.05) is 30.8 Å². The molecule has 1 unspecified atom stereocenters. The summed E-state index contributed by atoms with van der Waals surface area (Å²) in [5.41, 5.74) is 7.62. The second-order valence-corrected chi connectivity index (χ2v) is 5.99. The van der Waals surface area contributed by atoms with E-state index >= 15 is 0 Å². The molecule has 0 amide bonds. The SMILES string of the molecule is CSc1cccc(N(C)CC2CCCCO2)c1C(=N)N. The van der Waals surface area contributed by atoms with Gasteiger partial charge >= 0.3 is 0 Å². The highest BCUT2D eigenvalue weighted by atomic mass is 32.2. The number of nitrogens with zero attached hydrogens (tertiary/aromatic N) is 1. The zero-order chi connectivity index (χ0) is 14.5. The third-order valence-electron chi connectivity index (χ3n) is 3.66. The van der Waals surface area contributed by atoms with Gasteiger partial charge in [0.25, 0.3) is 0 Å². The first-order valence-electron chi connectivity index (χ1n) is 6.97. The van der Waals surface area contributed by atoms with E-state index < -0.39 is 0 Å². The van der Waals surface area contributed by atoms with Crippen LogP contribution >= 0.6 is 11.8 Å². The van der Waals surface area contributed by atoms with Gasteiger partial charge in [0.1, 0.15) is 5.84 Å². The van der Waals surface area contributed by atoms with Crippen LogP contribution in [-0.2, 0) is 4.74 Å². The van der Waals surface area contributed by atoms with Crippen LogP contribution < -0.4 is 10.6 Å². The predicted octanol–water partition coefficient (Wildman–Crippen LogP) is 2.70. The van der Waals surface area contributed by atoms with Crippen molar-refractivity contribution in [3.05, 3.63) is 23.8 Å². The van der Waals surface area contributed by atoms with Crippen molar-refractivity contribution in [2.24, 2.45) is 5.73 Å². The lowest BCUT2D eigenvalue weighted by molar-refractivity contribution is 0.0216. The summed E-state index contributed by atoms with van der Waals surface area (Å²) in [7, 11) is 2.05. The molecule has 3 N–H and O–H groups in total. The van der Waals surface area contributed by atoms with Gasteiger partial charge in [-0.3, -0.25) is 5.41 Å². The van der Waals surface area contributed by atoms with Crippen molar-refractivity contribution in [1.29, 1.82) is 5.41 Å². The van der Waals surface area contributed by atoms with E-state index in [0.717, 1.165) is 35.7 Å². The Morgan fingerprint density at radius 3 is 2.90 bits per heavy atom. The summed E-state index contributed by atoms with van der Waals surface area (Å²) in [6, 6.07) is 6.06. The summed E-state index contributed by atoms with van der Waals surface area (Å²) in [6.45, 7) is 1.71. The number of nitrogens with two attached hydrogens (primary N) is 1. The molecule has 0 radical (unpaired) electrons. The third-order valence-corrected chi connectivity index (χ3v) is 4.44. The Hall–Kier alpha value is -1.20.